The van der Waals surface area contributed by atoms with E-state index < -0.39 is 5.91 Å². The molecular weight excluding hydrogens is 456 g/mol. The molecule has 1 saturated heterocycles. The van der Waals surface area contributed by atoms with Crippen LogP contribution in [-0.4, -0.2) is 62.6 Å². The summed E-state index contributed by atoms with van der Waals surface area (Å²) in [5.41, 5.74) is 1.70. The lowest BCUT2D eigenvalue weighted by Crippen LogP contribution is -2.39. The molecule has 1 unspecified atom stereocenters. The van der Waals surface area contributed by atoms with Crippen LogP contribution in [-0.2, 0) is 9.53 Å². The summed E-state index contributed by atoms with van der Waals surface area (Å²) >= 11 is 0. The number of ether oxygens (including phenoxy) is 1. The zero-order valence-electron chi connectivity index (χ0n) is 20.6. The number of piperidine rings is 1. The third kappa shape index (κ3) is 6.02. The molecule has 2 aliphatic heterocycles. The largest absolute Gasteiger partial charge is 0.482 e. The van der Waals surface area contributed by atoms with E-state index in [9.17, 15) is 9.59 Å². The number of allylic oxidation sites excluding steroid dienone is 2. The van der Waals surface area contributed by atoms with Crippen LogP contribution < -0.4 is 4.90 Å². The summed E-state index contributed by atoms with van der Waals surface area (Å²) in [6.45, 7) is 5.98. The maximum Gasteiger partial charge on any atom is 0.329 e. The Bertz CT molecular complexity index is 1130. The van der Waals surface area contributed by atoms with Crippen LogP contribution in [0.4, 0.5) is 5.69 Å². The van der Waals surface area contributed by atoms with Crippen LogP contribution >= 0.6 is 0 Å². The van der Waals surface area contributed by atoms with Crippen LogP contribution in [0.3, 0.4) is 0 Å². The van der Waals surface area contributed by atoms with Crippen molar-refractivity contribution in [2.75, 3.05) is 38.2 Å². The highest BCUT2D eigenvalue weighted by atomic mass is 16.5. The molecule has 3 aliphatic rings. The first-order valence-corrected chi connectivity index (χ1v) is 12.2. The SMILES string of the molecule is C=CN(/C=N\C)c1cccc(C(=O)N2CCC3(CC2)CC3CN=NC(=O)/C2=C/C/C=C\N=C/CO2)c1. The Hall–Kier alpha value is -3.88. The lowest BCUT2D eigenvalue weighted by atomic mass is 9.90. The third-order valence-corrected chi connectivity index (χ3v) is 6.96. The van der Waals surface area contributed by atoms with Crippen LogP contribution in [0.1, 0.15) is 36.0 Å². The molecule has 1 atom stereocenters. The molecule has 1 aromatic rings. The fourth-order valence-corrected chi connectivity index (χ4v) is 4.77. The molecule has 188 valence electrons. The lowest BCUT2D eigenvalue weighted by Gasteiger charge is -2.33. The van der Waals surface area contributed by atoms with E-state index in [-0.39, 0.29) is 23.7 Å². The quantitative estimate of drug-likeness (QED) is 0.323. The minimum atomic E-state index is -0.462. The van der Waals surface area contributed by atoms with Crippen LogP contribution in [0.15, 0.2) is 81.4 Å². The van der Waals surface area contributed by atoms with Crippen molar-refractivity contribution in [3.8, 4) is 0 Å². The standard InChI is InChI=1S/C27H32N6O3/c1-3-32(20-28-2)23-8-6-7-21(17-23)26(35)33-14-10-27(11-15-33)18-22(27)19-30-31-25(34)24-9-4-5-12-29-13-16-36-24/h3,5-9,12-13,17,20,22H,1,4,10-11,14-16,18-19H2,2H3/b12-5-,24-9-,28-20-,29-13-,31-30?. The van der Waals surface area contributed by atoms with Crippen molar-refractivity contribution < 1.29 is 14.3 Å². The van der Waals surface area contributed by atoms with Gasteiger partial charge >= 0.3 is 5.91 Å². The van der Waals surface area contributed by atoms with E-state index in [0.717, 1.165) is 24.9 Å². The number of likely N-dealkylation sites (tertiary alicyclic amines) is 1. The molecule has 1 aliphatic carbocycles. The second kappa shape index (κ2) is 11.7. The fourth-order valence-electron chi connectivity index (χ4n) is 4.77. The van der Waals surface area contributed by atoms with E-state index in [1.165, 1.54) is 0 Å². The molecular formula is C27H32N6O3. The van der Waals surface area contributed by atoms with Crippen LogP contribution in [0, 0.1) is 11.3 Å². The van der Waals surface area contributed by atoms with Gasteiger partial charge in [-0.15, -0.1) is 5.11 Å². The van der Waals surface area contributed by atoms with Gasteiger partial charge in [-0.2, -0.15) is 5.11 Å². The monoisotopic (exact) mass is 488 g/mol. The average Bonchev–Trinajstić information content (AvgIpc) is 3.53. The molecule has 1 spiro atoms. The Balaban J connectivity index is 1.27. The van der Waals surface area contributed by atoms with Crippen molar-refractivity contribution in [3.05, 3.63) is 66.7 Å². The molecule has 9 heteroatoms. The number of nitrogens with zero attached hydrogens (tertiary/aromatic N) is 6. The van der Waals surface area contributed by atoms with Crippen molar-refractivity contribution in [2.45, 2.75) is 25.7 Å². The maximum atomic E-state index is 13.1. The molecule has 2 fully saturated rings. The summed E-state index contributed by atoms with van der Waals surface area (Å²) in [5, 5.41) is 8.06. The zero-order valence-corrected chi connectivity index (χ0v) is 20.6. The molecule has 4 rings (SSSR count). The predicted molar refractivity (Wildman–Crippen MR) is 140 cm³/mol. The Morgan fingerprint density at radius 1 is 1.33 bits per heavy atom. The van der Waals surface area contributed by atoms with E-state index in [2.05, 4.69) is 26.8 Å². The lowest BCUT2D eigenvalue weighted by molar-refractivity contribution is -0.118. The highest BCUT2D eigenvalue weighted by Gasteiger charge is 2.54. The molecule has 1 aromatic carbocycles. The Morgan fingerprint density at radius 3 is 2.94 bits per heavy atom. The van der Waals surface area contributed by atoms with Gasteiger partial charge in [0.25, 0.3) is 5.91 Å². The van der Waals surface area contributed by atoms with Gasteiger partial charge in [0.05, 0.1) is 12.9 Å². The van der Waals surface area contributed by atoms with E-state index in [0.29, 0.717) is 37.5 Å². The normalized spacial score (nSPS) is 24.2. The number of rotatable bonds is 7. The van der Waals surface area contributed by atoms with E-state index in [1.807, 2.05) is 35.2 Å². The first-order valence-electron chi connectivity index (χ1n) is 12.2. The number of azo groups is 1. The second-order valence-corrected chi connectivity index (χ2v) is 9.13. The summed E-state index contributed by atoms with van der Waals surface area (Å²) in [7, 11) is 1.69. The number of carbonyl (C=O) groups excluding carboxylic acids is 2. The molecule has 0 aromatic heterocycles. The topological polar surface area (TPSA) is 99.3 Å². The number of hydrogen-bond acceptors (Lipinski definition) is 6. The van der Waals surface area contributed by atoms with Crippen LogP contribution in [0.5, 0.6) is 0 Å². The van der Waals surface area contributed by atoms with Gasteiger partial charge in [0.2, 0.25) is 0 Å². The van der Waals surface area contributed by atoms with Crippen LogP contribution in [0.2, 0.25) is 0 Å². The molecule has 36 heavy (non-hydrogen) atoms. The van der Waals surface area contributed by atoms with Gasteiger partial charge < -0.3 is 14.5 Å². The first kappa shape index (κ1) is 25.2. The minimum absolute atomic E-state index is 0.0369. The van der Waals surface area contributed by atoms with E-state index in [4.69, 9.17) is 4.74 Å². The third-order valence-electron chi connectivity index (χ3n) is 6.96. The number of amides is 2. The predicted octanol–water partition coefficient (Wildman–Crippen LogP) is 4.40. The highest BCUT2D eigenvalue weighted by molar-refractivity contribution is 5.96. The Kier molecular flexibility index (Phi) is 8.20. The summed E-state index contributed by atoms with van der Waals surface area (Å²) in [5.74, 6) is 0.178. The van der Waals surface area contributed by atoms with Gasteiger partial charge in [-0.25, -0.2) is 0 Å². The number of carbonyl (C=O) groups is 2. The highest BCUT2D eigenvalue weighted by Crippen LogP contribution is 2.59. The van der Waals surface area contributed by atoms with Crippen molar-refractivity contribution in [3.63, 3.8) is 0 Å². The fraction of sp³-hybridized carbons (Fsp3) is 0.407. The van der Waals surface area contributed by atoms with Gasteiger partial charge in [-0.05, 0) is 61.3 Å². The van der Waals surface area contributed by atoms with Gasteiger partial charge in [0.15, 0.2) is 5.76 Å². The number of anilines is 1. The zero-order chi connectivity index (χ0) is 25.4. The second-order valence-electron chi connectivity index (χ2n) is 9.13. The molecule has 0 bridgehead atoms. The summed E-state index contributed by atoms with van der Waals surface area (Å²) in [6, 6.07) is 7.51. The van der Waals surface area contributed by atoms with Gasteiger partial charge in [0.1, 0.15) is 6.61 Å². The molecule has 0 N–H and O–H groups in total. The summed E-state index contributed by atoms with van der Waals surface area (Å²) in [6.07, 6.45) is 13.6. The number of hydrogen-bond donors (Lipinski definition) is 0. The van der Waals surface area contributed by atoms with E-state index in [1.54, 1.807) is 43.0 Å². The van der Waals surface area contributed by atoms with E-state index >= 15 is 0 Å². The molecule has 2 heterocycles. The first-order chi connectivity index (χ1) is 17.6. The van der Waals surface area contributed by atoms with Crippen LogP contribution in [0.25, 0.3) is 0 Å². The number of benzene rings is 1. The molecule has 9 nitrogen and oxygen atoms in total. The maximum absolute atomic E-state index is 13.1. The molecule has 0 radical (unpaired) electrons. The smallest absolute Gasteiger partial charge is 0.329 e. The Morgan fingerprint density at radius 2 is 2.17 bits per heavy atom. The van der Waals surface area contributed by atoms with Crippen molar-refractivity contribution in [1.82, 2.24) is 4.90 Å². The minimum Gasteiger partial charge on any atom is -0.482 e. The average molecular weight is 489 g/mol. The van der Waals surface area contributed by atoms with Gasteiger partial charge in [0, 0.05) is 50.0 Å². The molecule has 2 amide bonds. The number of aliphatic imine (C=N–C) groups is 2. The molecule has 1 saturated carbocycles. The van der Waals surface area contributed by atoms with Gasteiger partial charge in [-0.1, -0.05) is 18.7 Å². The van der Waals surface area contributed by atoms with Crippen molar-refractivity contribution in [1.29, 1.82) is 0 Å². The summed E-state index contributed by atoms with van der Waals surface area (Å²) in [4.78, 5) is 37.2. The summed E-state index contributed by atoms with van der Waals surface area (Å²) < 4.78 is 5.43. The van der Waals surface area contributed by atoms with Gasteiger partial charge in [-0.3, -0.25) is 19.6 Å². The Labute approximate surface area is 211 Å². The van der Waals surface area contributed by atoms with Crippen molar-refractivity contribution in [2.24, 2.45) is 31.5 Å². The van der Waals surface area contributed by atoms with Crippen molar-refractivity contribution >= 4 is 30.1 Å².